The van der Waals surface area contributed by atoms with Gasteiger partial charge in [-0.25, -0.2) is 4.39 Å². The van der Waals surface area contributed by atoms with Gasteiger partial charge in [-0.2, -0.15) is 4.98 Å². The van der Waals surface area contributed by atoms with Crippen LogP contribution in [-0.4, -0.2) is 29.2 Å². The van der Waals surface area contributed by atoms with E-state index in [-0.39, 0.29) is 35.5 Å². The zero-order chi connectivity index (χ0) is 21.1. The molecule has 3 aromatic rings. The number of hydrogen-bond acceptors (Lipinski definition) is 5. The lowest BCUT2D eigenvalue weighted by Crippen LogP contribution is -2.25. The van der Waals surface area contributed by atoms with Crippen molar-refractivity contribution in [1.82, 2.24) is 10.1 Å². The van der Waals surface area contributed by atoms with E-state index in [4.69, 9.17) is 20.9 Å². The van der Waals surface area contributed by atoms with Gasteiger partial charge in [-0.1, -0.05) is 30.1 Å². The fourth-order valence-corrected chi connectivity index (χ4v) is 3.52. The predicted octanol–water partition coefficient (Wildman–Crippen LogP) is 5.23. The highest BCUT2D eigenvalue weighted by atomic mass is 35.5. The minimum absolute atomic E-state index is 0.186. The third kappa shape index (κ3) is 4.31. The molecule has 156 valence electrons. The van der Waals surface area contributed by atoms with Gasteiger partial charge in [0, 0.05) is 29.5 Å². The molecule has 1 atom stereocenters. The normalized spacial score (nSPS) is 16.3. The topological polar surface area (TPSA) is 68.5 Å². The van der Waals surface area contributed by atoms with Crippen LogP contribution in [-0.2, 0) is 4.79 Å². The number of halogens is 2. The Balaban J connectivity index is 1.46. The van der Waals surface area contributed by atoms with Crippen molar-refractivity contribution in [3.8, 4) is 17.2 Å². The fourth-order valence-electron chi connectivity index (χ4n) is 3.36. The summed E-state index contributed by atoms with van der Waals surface area (Å²) in [5.41, 5.74) is 0.968. The molecule has 0 aliphatic carbocycles. The maximum Gasteiger partial charge on any atom is 0.257 e. The molecule has 2 aromatic carbocycles. The van der Waals surface area contributed by atoms with E-state index in [1.54, 1.807) is 6.07 Å². The van der Waals surface area contributed by atoms with Crippen molar-refractivity contribution in [2.24, 2.45) is 0 Å². The monoisotopic (exact) mass is 429 g/mol. The summed E-state index contributed by atoms with van der Waals surface area (Å²) in [6.45, 7) is 3.07. The average molecular weight is 430 g/mol. The molecule has 1 fully saturated rings. The van der Waals surface area contributed by atoms with E-state index in [1.165, 1.54) is 17.0 Å². The van der Waals surface area contributed by atoms with E-state index in [9.17, 15) is 9.18 Å². The van der Waals surface area contributed by atoms with Crippen molar-refractivity contribution in [3.63, 3.8) is 0 Å². The summed E-state index contributed by atoms with van der Waals surface area (Å²) in [6, 6.07) is 11.7. The molecule has 1 aliphatic heterocycles. The number of ether oxygens (including phenoxy) is 1. The highest BCUT2D eigenvalue weighted by Crippen LogP contribution is 2.33. The summed E-state index contributed by atoms with van der Waals surface area (Å²) < 4.78 is 25.3. The highest BCUT2D eigenvalue weighted by molar-refractivity contribution is 6.30. The van der Waals surface area contributed by atoms with Gasteiger partial charge in [0.2, 0.25) is 5.91 Å². The van der Waals surface area contributed by atoms with Gasteiger partial charge in [-0.15, -0.1) is 0 Å². The number of nitrogens with zero attached hydrogens (tertiary/aromatic N) is 3. The van der Waals surface area contributed by atoms with Crippen LogP contribution in [0.15, 0.2) is 47.0 Å². The van der Waals surface area contributed by atoms with Crippen LogP contribution in [0.2, 0.25) is 5.02 Å². The van der Waals surface area contributed by atoms with Crippen LogP contribution in [0.1, 0.15) is 37.9 Å². The lowest BCUT2D eigenvalue weighted by molar-refractivity contribution is -0.117. The first-order valence-electron chi connectivity index (χ1n) is 9.87. The molecule has 6 nitrogen and oxygen atoms in total. The average Bonchev–Trinajstić information content (AvgIpc) is 3.36. The third-order valence-electron chi connectivity index (χ3n) is 5.00. The Hall–Kier alpha value is -2.93. The van der Waals surface area contributed by atoms with Crippen LogP contribution in [0.3, 0.4) is 0 Å². The Kier molecular flexibility index (Phi) is 5.99. The summed E-state index contributed by atoms with van der Waals surface area (Å²) in [6.07, 6.45) is 2.27. The number of carbonyl (C=O) groups is 1. The molecule has 1 aromatic heterocycles. The molecule has 1 amide bonds. The molecule has 0 radical (unpaired) electrons. The van der Waals surface area contributed by atoms with Gasteiger partial charge in [0.15, 0.2) is 5.82 Å². The smallest absolute Gasteiger partial charge is 0.257 e. The van der Waals surface area contributed by atoms with Gasteiger partial charge >= 0.3 is 0 Å². The Morgan fingerprint density at radius 1 is 1.27 bits per heavy atom. The summed E-state index contributed by atoms with van der Waals surface area (Å²) >= 11 is 5.80. The Morgan fingerprint density at radius 2 is 2.07 bits per heavy atom. The van der Waals surface area contributed by atoms with Crippen LogP contribution in [0.4, 0.5) is 10.1 Å². The number of hydrogen-bond donors (Lipinski definition) is 0. The molecule has 0 bridgehead atoms. The number of anilines is 1. The second kappa shape index (κ2) is 8.83. The molecule has 30 heavy (non-hydrogen) atoms. The van der Waals surface area contributed by atoms with Crippen molar-refractivity contribution in [2.45, 2.75) is 32.1 Å². The molecule has 8 heteroatoms. The van der Waals surface area contributed by atoms with Crippen molar-refractivity contribution in [2.75, 3.05) is 18.1 Å². The molecule has 1 saturated heterocycles. The molecule has 1 aliphatic rings. The lowest BCUT2D eigenvalue weighted by atomic mass is 10.1. The maximum absolute atomic E-state index is 14.2. The van der Waals surface area contributed by atoms with Crippen molar-refractivity contribution in [3.05, 3.63) is 59.1 Å². The fraction of sp³-hybridized carbons (Fsp3) is 0.318. The van der Waals surface area contributed by atoms with Gasteiger partial charge in [0.1, 0.15) is 11.6 Å². The van der Waals surface area contributed by atoms with E-state index in [0.717, 1.165) is 24.2 Å². The van der Waals surface area contributed by atoms with E-state index in [0.29, 0.717) is 18.3 Å². The second-order valence-corrected chi connectivity index (χ2v) is 7.62. The molecule has 0 saturated carbocycles. The van der Waals surface area contributed by atoms with Crippen LogP contribution < -0.4 is 9.64 Å². The number of aromatic nitrogens is 2. The Morgan fingerprint density at radius 3 is 2.80 bits per heavy atom. The summed E-state index contributed by atoms with van der Waals surface area (Å²) in [7, 11) is 0. The zero-order valence-corrected chi connectivity index (χ0v) is 17.2. The van der Waals surface area contributed by atoms with Crippen molar-refractivity contribution >= 4 is 23.2 Å². The minimum atomic E-state index is -0.536. The quantitative estimate of drug-likeness (QED) is 0.481. The molecular formula is C22H21ClFN3O3. The van der Waals surface area contributed by atoms with E-state index in [1.807, 2.05) is 24.3 Å². The largest absolute Gasteiger partial charge is 0.494 e. The molecule has 1 unspecified atom stereocenters. The number of benzene rings is 2. The van der Waals surface area contributed by atoms with Gasteiger partial charge < -0.3 is 14.2 Å². The van der Waals surface area contributed by atoms with Crippen molar-refractivity contribution in [1.29, 1.82) is 0 Å². The number of rotatable bonds is 7. The van der Waals surface area contributed by atoms with E-state index < -0.39 is 5.82 Å². The maximum atomic E-state index is 14.2. The highest BCUT2D eigenvalue weighted by Gasteiger charge is 2.35. The first-order valence-corrected chi connectivity index (χ1v) is 10.2. The number of carbonyl (C=O) groups excluding carboxylic acids is 1. The van der Waals surface area contributed by atoms with Crippen LogP contribution in [0.25, 0.3) is 11.5 Å². The summed E-state index contributed by atoms with van der Waals surface area (Å²) in [5, 5.41) is 4.33. The Labute approximate surface area is 178 Å². The van der Waals surface area contributed by atoms with Gasteiger partial charge in [-0.3, -0.25) is 4.79 Å². The minimum Gasteiger partial charge on any atom is -0.494 e. The molecule has 4 rings (SSSR count). The summed E-state index contributed by atoms with van der Waals surface area (Å²) in [5.74, 6) is 0.579. The molecule has 0 N–H and O–H groups in total. The number of unbranched alkanes of at least 4 members (excludes halogenated alkanes) is 1. The van der Waals surface area contributed by atoms with Crippen LogP contribution in [0, 0.1) is 5.82 Å². The number of amides is 1. The van der Waals surface area contributed by atoms with E-state index in [2.05, 4.69) is 17.1 Å². The second-order valence-electron chi connectivity index (χ2n) is 7.19. The first kappa shape index (κ1) is 20.3. The van der Waals surface area contributed by atoms with Crippen LogP contribution in [0.5, 0.6) is 5.75 Å². The SMILES string of the molecule is CCCCOc1ccc(-c2nc(C3CC(=O)N(c4ccc(Cl)cc4F)C3)no2)cc1. The van der Waals surface area contributed by atoms with E-state index >= 15 is 0 Å². The Bertz CT molecular complexity index is 1040. The molecular weight excluding hydrogens is 409 g/mol. The summed E-state index contributed by atoms with van der Waals surface area (Å²) in [4.78, 5) is 18.3. The zero-order valence-electron chi connectivity index (χ0n) is 16.5. The molecule has 0 spiro atoms. The van der Waals surface area contributed by atoms with Gasteiger partial charge in [0.25, 0.3) is 5.89 Å². The molecule has 2 heterocycles. The lowest BCUT2D eigenvalue weighted by Gasteiger charge is -2.17. The first-order chi connectivity index (χ1) is 14.5. The third-order valence-corrected chi connectivity index (χ3v) is 5.24. The standard InChI is InChI=1S/C22H21ClFN3O3/c1-2-3-10-29-17-7-4-14(5-8-17)22-25-21(26-30-22)15-11-20(28)27(13-15)19-9-6-16(23)12-18(19)24/h4-9,12,15H,2-3,10-11,13H2,1H3. The van der Waals surface area contributed by atoms with Crippen molar-refractivity contribution < 1.29 is 18.4 Å². The predicted molar refractivity (Wildman–Crippen MR) is 111 cm³/mol. The van der Waals surface area contributed by atoms with Gasteiger partial charge in [0.05, 0.1) is 12.3 Å². The van der Waals surface area contributed by atoms with Crippen LogP contribution >= 0.6 is 11.6 Å². The van der Waals surface area contributed by atoms with Gasteiger partial charge in [-0.05, 0) is 48.9 Å².